The molecule has 0 saturated carbocycles. The second kappa shape index (κ2) is 8.04. The number of phenols is 1. The van der Waals surface area contributed by atoms with E-state index < -0.39 is 5.92 Å². The summed E-state index contributed by atoms with van der Waals surface area (Å²) in [4.78, 5) is 12.0. The molecule has 0 heterocycles. The Hall–Kier alpha value is -2.24. The average molecular weight is 279 g/mol. The lowest BCUT2D eigenvalue weighted by Crippen LogP contribution is -2.39. The van der Waals surface area contributed by atoms with Crippen molar-refractivity contribution in [2.75, 3.05) is 6.54 Å². The number of rotatable bonds is 7. The van der Waals surface area contributed by atoms with E-state index >= 15 is 0 Å². The first-order valence-electron chi connectivity index (χ1n) is 6.61. The minimum Gasteiger partial charge on any atom is -0.508 e. The molecule has 1 atom stereocenters. The van der Waals surface area contributed by atoms with Crippen LogP contribution in [0.15, 0.2) is 29.4 Å². The quantitative estimate of drug-likeness (QED) is 0.260. The molecule has 0 fully saturated rings. The molecule has 6 nitrogen and oxygen atoms in total. The minimum atomic E-state index is -0.593. The standard InChI is InChI=1S/C14H21N3O3/c1-2-3-12(13(15)17-20)14(19)16-9-8-10-4-6-11(18)7-5-10/h4-7,12,18,20H,2-3,8-9H2,1H3,(H2,15,17)(H,16,19). The van der Waals surface area contributed by atoms with Gasteiger partial charge in [-0.3, -0.25) is 4.79 Å². The highest BCUT2D eigenvalue weighted by Crippen LogP contribution is 2.10. The first kappa shape index (κ1) is 15.8. The summed E-state index contributed by atoms with van der Waals surface area (Å²) < 4.78 is 0. The van der Waals surface area contributed by atoms with Crippen LogP contribution in [0.3, 0.4) is 0 Å². The Morgan fingerprint density at radius 1 is 1.40 bits per heavy atom. The fraction of sp³-hybridized carbons (Fsp3) is 0.429. The molecule has 6 heteroatoms. The number of carbonyl (C=O) groups is 1. The number of benzene rings is 1. The molecular weight excluding hydrogens is 258 g/mol. The van der Waals surface area contributed by atoms with Gasteiger partial charge in [0.15, 0.2) is 5.84 Å². The van der Waals surface area contributed by atoms with Crippen molar-refractivity contribution in [2.45, 2.75) is 26.2 Å². The number of phenolic OH excluding ortho intramolecular Hbond substituents is 1. The summed E-state index contributed by atoms with van der Waals surface area (Å²) in [6, 6.07) is 6.81. The van der Waals surface area contributed by atoms with E-state index in [1.54, 1.807) is 24.3 Å². The Kier molecular flexibility index (Phi) is 6.36. The summed E-state index contributed by atoms with van der Waals surface area (Å²) in [6.45, 7) is 2.39. The molecule has 1 aromatic rings. The SMILES string of the molecule is CCCC(C(=O)NCCc1ccc(O)cc1)C(N)=NO. The average Bonchev–Trinajstić information content (AvgIpc) is 2.46. The summed E-state index contributed by atoms with van der Waals surface area (Å²) in [5.41, 5.74) is 6.53. The van der Waals surface area contributed by atoms with Crippen molar-refractivity contribution in [1.82, 2.24) is 5.32 Å². The highest BCUT2D eigenvalue weighted by Gasteiger charge is 2.21. The van der Waals surface area contributed by atoms with Crippen LogP contribution in [0.4, 0.5) is 0 Å². The van der Waals surface area contributed by atoms with Crippen molar-refractivity contribution in [3.8, 4) is 5.75 Å². The van der Waals surface area contributed by atoms with Crippen molar-refractivity contribution in [3.63, 3.8) is 0 Å². The number of nitrogens with zero attached hydrogens (tertiary/aromatic N) is 1. The van der Waals surface area contributed by atoms with E-state index in [1.165, 1.54) is 0 Å². The molecule has 0 bridgehead atoms. The van der Waals surface area contributed by atoms with Gasteiger partial charge in [0.1, 0.15) is 5.75 Å². The molecule has 1 amide bonds. The summed E-state index contributed by atoms with van der Waals surface area (Å²) in [5, 5.41) is 23.5. The number of amides is 1. The van der Waals surface area contributed by atoms with Gasteiger partial charge in [0.05, 0.1) is 5.92 Å². The third-order valence-corrected chi connectivity index (χ3v) is 3.02. The van der Waals surface area contributed by atoms with Gasteiger partial charge in [-0.15, -0.1) is 0 Å². The fourth-order valence-corrected chi connectivity index (χ4v) is 1.89. The first-order valence-corrected chi connectivity index (χ1v) is 6.61. The van der Waals surface area contributed by atoms with Crippen molar-refractivity contribution < 1.29 is 15.1 Å². The Labute approximate surface area is 118 Å². The maximum atomic E-state index is 12.0. The number of nitrogens with two attached hydrogens (primary N) is 1. The van der Waals surface area contributed by atoms with Crippen LogP contribution in [0.25, 0.3) is 0 Å². The molecule has 1 rings (SSSR count). The Balaban J connectivity index is 2.47. The normalized spacial score (nSPS) is 12.9. The number of hydrogen-bond acceptors (Lipinski definition) is 4. The summed E-state index contributed by atoms with van der Waals surface area (Å²) in [6.07, 6.45) is 1.97. The summed E-state index contributed by atoms with van der Waals surface area (Å²) >= 11 is 0. The molecule has 0 radical (unpaired) electrons. The lowest BCUT2D eigenvalue weighted by molar-refractivity contribution is -0.123. The van der Waals surface area contributed by atoms with E-state index in [2.05, 4.69) is 10.5 Å². The molecule has 0 spiro atoms. The molecule has 20 heavy (non-hydrogen) atoms. The van der Waals surface area contributed by atoms with Crippen LogP contribution in [-0.2, 0) is 11.2 Å². The second-order valence-electron chi connectivity index (χ2n) is 4.57. The van der Waals surface area contributed by atoms with Crippen molar-refractivity contribution in [1.29, 1.82) is 0 Å². The molecule has 1 aromatic carbocycles. The molecule has 0 aliphatic heterocycles. The van der Waals surface area contributed by atoms with E-state index in [0.29, 0.717) is 19.4 Å². The lowest BCUT2D eigenvalue weighted by Gasteiger charge is -2.14. The van der Waals surface area contributed by atoms with Crippen molar-refractivity contribution in [2.24, 2.45) is 16.8 Å². The number of nitrogens with one attached hydrogen (secondary N) is 1. The molecule has 5 N–H and O–H groups in total. The number of carbonyl (C=O) groups excluding carboxylic acids is 1. The molecule has 0 aliphatic carbocycles. The summed E-state index contributed by atoms with van der Waals surface area (Å²) in [5.74, 6) is -0.674. The Morgan fingerprint density at radius 2 is 2.05 bits per heavy atom. The van der Waals surface area contributed by atoms with Crippen LogP contribution in [0, 0.1) is 5.92 Å². The van der Waals surface area contributed by atoms with Gasteiger partial charge >= 0.3 is 0 Å². The van der Waals surface area contributed by atoms with E-state index in [4.69, 9.17) is 16.0 Å². The van der Waals surface area contributed by atoms with Gasteiger partial charge in [-0.25, -0.2) is 0 Å². The zero-order valence-electron chi connectivity index (χ0n) is 11.5. The zero-order valence-corrected chi connectivity index (χ0v) is 11.5. The smallest absolute Gasteiger partial charge is 0.230 e. The van der Waals surface area contributed by atoms with Crippen LogP contribution < -0.4 is 11.1 Å². The molecule has 110 valence electrons. The van der Waals surface area contributed by atoms with E-state index in [0.717, 1.165) is 12.0 Å². The van der Waals surface area contributed by atoms with Crippen LogP contribution in [0.5, 0.6) is 5.75 Å². The molecule has 0 aromatic heterocycles. The van der Waals surface area contributed by atoms with E-state index in [-0.39, 0.29) is 17.5 Å². The van der Waals surface area contributed by atoms with Gasteiger partial charge < -0.3 is 21.4 Å². The minimum absolute atomic E-state index is 0.0611. The monoisotopic (exact) mass is 279 g/mol. The van der Waals surface area contributed by atoms with Crippen LogP contribution in [-0.4, -0.2) is 28.6 Å². The van der Waals surface area contributed by atoms with Crippen LogP contribution >= 0.6 is 0 Å². The first-order chi connectivity index (χ1) is 9.58. The maximum absolute atomic E-state index is 12.0. The van der Waals surface area contributed by atoms with Gasteiger partial charge in [0.2, 0.25) is 5.91 Å². The van der Waals surface area contributed by atoms with Gasteiger partial charge in [-0.05, 0) is 30.5 Å². The topological polar surface area (TPSA) is 108 Å². The summed E-state index contributed by atoms with van der Waals surface area (Å²) in [7, 11) is 0. The molecular formula is C14H21N3O3. The van der Waals surface area contributed by atoms with Crippen LogP contribution in [0.2, 0.25) is 0 Å². The number of aromatic hydroxyl groups is 1. The fourth-order valence-electron chi connectivity index (χ4n) is 1.89. The van der Waals surface area contributed by atoms with Gasteiger partial charge in [-0.1, -0.05) is 30.6 Å². The van der Waals surface area contributed by atoms with E-state index in [9.17, 15) is 4.79 Å². The zero-order chi connectivity index (χ0) is 15.0. The van der Waals surface area contributed by atoms with E-state index in [1.807, 2.05) is 6.92 Å². The third-order valence-electron chi connectivity index (χ3n) is 3.02. The third kappa shape index (κ3) is 4.79. The Morgan fingerprint density at radius 3 is 2.60 bits per heavy atom. The van der Waals surface area contributed by atoms with Crippen molar-refractivity contribution in [3.05, 3.63) is 29.8 Å². The number of hydrogen-bond donors (Lipinski definition) is 4. The molecule has 0 saturated heterocycles. The molecule has 1 unspecified atom stereocenters. The number of oxime groups is 1. The van der Waals surface area contributed by atoms with Gasteiger partial charge in [0, 0.05) is 6.54 Å². The second-order valence-corrected chi connectivity index (χ2v) is 4.57. The van der Waals surface area contributed by atoms with Crippen molar-refractivity contribution >= 4 is 11.7 Å². The maximum Gasteiger partial charge on any atom is 0.230 e. The number of amidine groups is 1. The highest BCUT2D eigenvalue weighted by atomic mass is 16.4. The predicted molar refractivity (Wildman–Crippen MR) is 76.6 cm³/mol. The lowest BCUT2D eigenvalue weighted by atomic mass is 10.0. The van der Waals surface area contributed by atoms with Gasteiger partial charge in [0.25, 0.3) is 0 Å². The Bertz CT molecular complexity index is 457. The predicted octanol–water partition coefficient (Wildman–Crippen LogP) is 1.21. The van der Waals surface area contributed by atoms with Gasteiger partial charge in [-0.2, -0.15) is 0 Å². The highest BCUT2D eigenvalue weighted by molar-refractivity contribution is 6.02. The van der Waals surface area contributed by atoms with Crippen LogP contribution in [0.1, 0.15) is 25.3 Å². The largest absolute Gasteiger partial charge is 0.508 e. The molecule has 0 aliphatic rings.